The normalized spacial score (nSPS) is 18.7. The molecule has 0 radical (unpaired) electrons. The van der Waals surface area contributed by atoms with E-state index < -0.39 is 6.10 Å². The van der Waals surface area contributed by atoms with E-state index in [0.29, 0.717) is 12.2 Å². The molecule has 0 aliphatic carbocycles. The first-order chi connectivity index (χ1) is 13.7. The smallest absolute Gasteiger partial charge is 0.227 e. The maximum Gasteiger partial charge on any atom is 0.227 e. The van der Waals surface area contributed by atoms with Crippen LogP contribution in [0, 0.1) is 0 Å². The summed E-state index contributed by atoms with van der Waals surface area (Å²) in [6, 6.07) is 4.00. The molecule has 8 nitrogen and oxygen atoms in total. The first kappa shape index (κ1) is 19.1. The van der Waals surface area contributed by atoms with E-state index in [4.69, 9.17) is 9.97 Å². The number of rotatable bonds is 5. The van der Waals surface area contributed by atoms with E-state index in [1.807, 2.05) is 10.7 Å². The van der Waals surface area contributed by atoms with E-state index in [1.165, 1.54) is 19.3 Å². The number of anilines is 2. The lowest BCUT2D eigenvalue weighted by atomic mass is 10.1. The van der Waals surface area contributed by atoms with Gasteiger partial charge in [-0.3, -0.25) is 4.68 Å². The van der Waals surface area contributed by atoms with Crippen LogP contribution in [-0.4, -0.2) is 56.2 Å². The van der Waals surface area contributed by atoms with Gasteiger partial charge in [0.05, 0.1) is 24.5 Å². The zero-order valence-electron chi connectivity index (χ0n) is 16.6. The van der Waals surface area contributed by atoms with Crippen LogP contribution in [0.1, 0.15) is 55.8 Å². The molecule has 4 heterocycles. The van der Waals surface area contributed by atoms with Gasteiger partial charge in [0, 0.05) is 37.9 Å². The fourth-order valence-corrected chi connectivity index (χ4v) is 3.98. The maximum atomic E-state index is 9.92. The lowest BCUT2D eigenvalue weighted by Crippen LogP contribution is -2.32. The summed E-state index contributed by atoms with van der Waals surface area (Å²) < 4.78 is 1.95. The second-order valence-corrected chi connectivity index (χ2v) is 7.68. The summed E-state index contributed by atoms with van der Waals surface area (Å²) in [5.74, 6) is 1.81. The molecular weight excluding hydrogens is 356 g/mol. The average molecular weight is 387 g/mol. The molecule has 0 spiro atoms. The Bertz CT molecular complexity index is 802. The summed E-state index contributed by atoms with van der Waals surface area (Å²) in [7, 11) is 0. The number of aryl methyl sites for hydroxylation is 2. The SMILES string of the molecule is CCc1cc(N2CCCn3nc(C(O)CO)cc3C2)nc(N2CCCCC2)n1. The zero-order chi connectivity index (χ0) is 19.5. The summed E-state index contributed by atoms with van der Waals surface area (Å²) in [5, 5.41) is 23.6. The van der Waals surface area contributed by atoms with E-state index in [1.54, 1.807) is 0 Å². The van der Waals surface area contributed by atoms with E-state index in [-0.39, 0.29) is 6.61 Å². The van der Waals surface area contributed by atoms with Crippen molar-refractivity contribution < 1.29 is 10.2 Å². The Morgan fingerprint density at radius 2 is 1.79 bits per heavy atom. The highest BCUT2D eigenvalue weighted by molar-refractivity contribution is 5.47. The highest BCUT2D eigenvalue weighted by atomic mass is 16.3. The highest BCUT2D eigenvalue weighted by Gasteiger charge is 2.22. The zero-order valence-corrected chi connectivity index (χ0v) is 16.6. The molecule has 2 aromatic rings. The number of hydrogen-bond donors (Lipinski definition) is 2. The summed E-state index contributed by atoms with van der Waals surface area (Å²) in [4.78, 5) is 14.3. The maximum absolute atomic E-state index is 9.92. The quantitative estimate of drug-likeness (QED) is 0.808. The second-order valence-electron chi connectivity index (χ2n) is 7.68. The van der Waals surface area contributed by atoms with Crippen LogP contribution in [0.3, 0.4) is 0 Å². The summed E-state index contributed by atoms with van der Waals surface area (Å²) in [5.41, 5.74) is 2.64. The summed E-state index contributed by atoms with van der Waals surface area (Å²) >= 11 is 0. The fraction of sp³-hybridized carbons (Fsp3) is 0.650. The minimum atomic E-state index is -0.927. The van der Waals surface area contributed by atoms with Crippen molar-refractivity contribution in [3.63, 3.8) is 0 Å². The molecule has 1 atom stereocenters. The van der Waals surface area contributed by atoms with E-state index in [0.717, 1.165) is 62.2 Å². The third-order valence-electron chi connectivity index (χ3n) is 5.63. The van der Waals surface area contributed by atoms with Gasteiger partial charge in [0.2, 0.25) is 5.95 Å². The van der Waals surface area contributed by atoms with Gasteiger partial charge in [-0.05, 0) is 38.2 Å². The van der Waals surface area contributed by atoms with Gasteiger partial charge in [-0.25, -0.2) is 4.98 Å². The van der Waals surface area contributed by atoms with Gasteiger partial charge in [-0.1, -0.05) is 6.92 Å². The van der Waals surface area contributed by atoms with Crippen LogP contribution in [0.4, 0.5) is 11.8 Å². The molecule has 4 rings (SSSR count). The third kappa shape index (κ3) is 3.98. The van der Waals surface area contributed by atoms with Crippen LogP contribution in [0.2, 0.25) is 0 Å². The third-order valence-corrected chi connectivity index (χ3v) is 5.63. The molecule has 2 aromatic heterocycles. The van der Waals surface area contributed by atoms with Crippen molar-refractivity contribution in [2.75, 3.05) is 36.0 Å². The van der Waals surface area contributed by atoms with Crippen LogP contribution in [0.15, 0.2) is 12.1 Å². The number of hydrogen-bond acceptors (Lipinski definition) is 7. The van der Waals surface area contributed by atoms with E-state index in [9.17, 15) is 10.2 Å². The molecule has 2 aliphatic heterocycles. The Kier molecular flexibility index (Phi) is 5.77. The molecule has 152 valence electrons. The monoisotopic (exact) mass is 386 g/mol. The lowest BCUT2D eigenvalue weighted by Gasteiger charge is -2.29. The van der Waals surface area contributed by atoms with Crippen molar-refractivity contribution in [2.45, 2.75) is 58.2 Å². The molecule has 28 heavy (non-hydrogen) atoms. The number of aromatic nitrogens is 4. The lowest BCUT2D eigenvalue weighted by molar-refractivity contribution is 0.0916. The molecule has 0 bridgehead atoms. The van der Waals surface area contributed by atoms with Crippen molar-refractivity contribution in [1.29, 1.82) is 0 Å². The molecule has 0 amide bonds. The Morgan fingerprint density at radius 3 is 2.54 bits per heavy atom. The molecule has 8 heteroatoms. The minimum Gasteiger partial charge on any atom is -0.393 e. The van der Waals surface area contributed by atoms with Gasteiger partial charge in [0.1, 0.15) is 11.9 Å². The average Bonchev–Trinajstić information content (AvgIpc) is 3.04. The van der Waals surface area contributed by atoms with Crippen LogP contribution in [-0.2, 0) is 19.5 Å². The van der Waals surface area contributed by atoms with Crippen molar-refractivity contribution in [1.82, 2.24) is 19.7 Å². The molecule has 2 N–H and O–H groups in total. The first-order valence-corrected chi connectivity index (χ1v) is 10.4. The van der Waals surface area contributed by atoms with Gasteiger partial charge < -0.3 is 20.0 Å². The van der Waals surface area contributed by atoms with Gasteiger partial charge in [0.15, 0.2) is 0 Å². The molecule has 1 saturated heterocycles. The summed E-state index contributed by atoms with van der Waals surface area (Å²) in [6.45, 7) is 6.27. The topological polar surface area (TPSA) is 90.5 Å². The number of piperidine rings is 1. The Hall–Kier alpha value is -2.19. The Labute approximate surface area is 165 Å². The number of aliphatic hydroxyl groups is 2. The standard InChI is InChI=1S/C20H30N6O2/c1-2-15-11-19(22-20(21-15)24-7-4-3-5-8-24)25-9-6-10-26-16(13-25)12-17(23-26)18(28)14-27/h11-12,18,27-28H,2-10,13-14H2,1H3. The van der Waals surface area contributed by atoms with Crippen molar-refractivity contribution >= 4 is 11.8 Å². The molecule has 0 aromatic carbocycles. The Balaban J connectivity index is 1.61. The van der Waals surface area contributed by atoms with Crippen LogP contribution in [0.5, 0.6) is 0 Å². The molecular formula is C20H30N6O2. The number of aliphatic hydroxyl groups excluding tert-OH is 2. The van der Waals surface area contributed by atoms with Gasteiger partial charge in [-0.2, -0.15) is 10.1 Å². The predicted octanol–water partition coefficient (Wildman–Crippen LogP) is 1.66. The van der Waals surface area contributed by atoms with Gasteiger partial charge in [-0.15, -0.1) is 0 Å². The molecule has 2 aliphatic rings. The van der Waals surface area contributed by atoms with Gasteiger partial charge >= 0.3 is 0 Å². The highest BCUT2D eigenvalue weighted by Crippen LogP contribution is 2.25. The molecule has 0 saturated carbocycles. The van der Waals surface area contributed by atoms with Crippen LogP contribution in [0.25, 0.3) is 0 Å². The van der Waals surface area contributed by atoms with Crippen molar-refractivity contribution in [3.8, 4) is 0 Å². The Morgan fingerprint density at radius 1 is 1.00 bits per heavy atom. The largest absolute Gasteiger partial charge is 0.393 e. The van der Waals surface area contributed by atoms with E-state index in [2.05, 4.69) is 27.9 Å². The fourth-order valence-electron chi connectivity index (χ4n) is 3.98. The van der Waals surface area contributed by atoms with Gasteiger partial charge in [0.25, 0.3) is 0 Å². The van der Waals surface area contributed by atoms with Crippen molar-refractivity contribution in [2.24, 2.45) is 0 Å². The minimum absolute atomic E-state index is 0.314. The number of nitrogens with zero attached hydrogens (tertiary/aromatic N) is 6. The van der Waals surface area contributed by atoms with Crippen LogP contribution < -0.4 is 9.80 Å². The summed E-state index contributed by atoms with van der Waals surface area (Å²) in [6.07, 6.45) is 4.60. The first-order valence-electron chi connectivity index (χ1n) is 10.4. The second kappa shape index (κ2) is 8.45. The van der Waals surface area contributed by atoms with Crippen molar-refractivity contribution in [3.05, 3.63) is 29.2 Å². The molecule has 1 fully saturated rings. The van der Waals surface area contributed by atoms with Crippen LogP contribution >= 0.6 is 0 Å². The van der Waals surface area contributed by atoms with E-state index >= 15 is 0 Å². The molecule has 1 unspecified atom stereocenters. The number of fused-ring (bicyclic) bond motifs is 1. The predicted molar refractivity (Wildman–Crippen MR) is 107 cm³/mol.